The molecule has 3 atom stereocenters. The van der Waals surface area contributed by atoms with Crippen LogP contribution in [-0.4, -0.2) is 113 Å². The Hall–Kier alpha value is -4.05. The number of hydrogen-bond acceptors (Lipinski definition) is 5. The number of nitrogens with zero attached hydrogens (tertiary/aromatic N) is 4. The number of hydrogen-bond donors (Lipinski definition) is 2. The molecule has 0 spiro atoms. The van der Waals surface area contributed by atoms with Crippen molar-refractivity contribution in [2.24, 2.45) is 5.92 Å². The normalized spacial score (nSPS) is 23.3. The second-order valence-corrected chi connectivity index (χ2v) is 13.7. The number of carbonyl (C=O) groups excluding carboxylic acids is 2. The number of piperidine rings is 2. The quantitative estimate of drug-likeness (QED) is 0.365. The van der Waals surface area contributed by atoms with E-state index in [0.717, 1.165) is 23.6 Å². The molecule has 2 N–H and O–H groups in total. The molecular formula is C35H41F6N5O5. The molecule has 51 heavy (non-hydrogen) atoms. The lowest BCUT2D eigenvalue weighted by atomic mass is 9.81. The Morgan fingerprint density at radius 1 is 0.863 bits per heavy atom. The van der Waals surface area contributed by atoms with Gasteiger partial charge >= 0.3 is 24.5 Å². The van der Waals surface area contributed by atoms with Crippen molar-refractivity contribution < 1.29 is 50.6 Å². The van der Waals surface area contributed by atoms with Crippen molar-refractivity contribution in [2.75, 3.05) is 57.8 Å². The second-order valence-electron chi connectivity index (χ2n) is 13.7. The van der Waals surface area contributed by atoms with Gasteiger partial charge in [0, 0.05) is 63.1 Å². The van der Waals surface area contributed by atoms with E-state index in [9.17, 15) is 45.8 Å². The summed E-state index contributed by atoms with van der Waals surface area (Å²) in [6.07, 6.45) is -10.2. The van der Waals surface area contributed by atoms with Crippen LogP contribution in [0.5, 0.6) is 0 Å². The SMILES string of the molecule is O=C(C(Cc1cc(C(F)(F)F)cc(C(F)(F)F)c1)[C@H]1CC(N2CCc3ccccc3NC2=O)CCN1C(=O)O)N1CCC(N2CCOCC2)CC1. The van der Waals surface area contributed by atoms with Gasteiger partial charge in [0.05, 0.1) is 30.3 Å². The van der Waals surface area contributed by atoms with E-state index in [-0.39, 0.29) is 37.1 Å². The number of anilines is 1. The molecule has 4 aliphatic rings. The minimum absolute atomic E-state index is 0.0260. The summed E-state index contributed by atoms with van der Waals surface area (Å²) >= 11 is 0. The molecule has 2 aromatic rings. The summed E-state index contributed by atoms with van der Waals surface area (Å²) in [6, 6.07) is 6.62. The molecule has 2 aromatic carbocycles. The average molecular weight is 726 g/mol. The zero-order valence-electron chi connectivity index (χ0n) is 27.9. The van der Waals surface area contributed by atoms with Crippen LogP contribution < -0.4 is 5.32 Å². The minimum Gasteiger partial charge on any atom is -0.465 e. The van der Waals surface area contributed by atoms with Crippen LogP contribution >= 0.6 is 0 Å². The Morgan fingerprint density at radius 3 is 2.12 bits per heavy atom. The molecule has 0 aromatic heterocycles. The Labute approximate surface area is 291 Å². The predicted molar refractivity (Wildman–Crippen MR) is 173 cm³/mol. The molecule has 4 aliphatic heterocycles. The van der Waals surface area contributed by atoms with Gasteiger partial charge in [-0.15, -0.1) is 0 Å². The summed E-state index contributed by atoms with van der Waals surface area (Å²) in [4.78, 5) is 47.1. The number of rotatable bonds is 6. The lowest BCUT2D eigenvalue weighted by molar-refractivity contribution is -0.143. The first-order chi connectivity index (χ1) is 24.2. The van der Waals surface area contributed by atoms with Crippen LogP contribution in [0.2, 0.25) is 0 Å². The largest absolute Gasteiger partial charge is 0.465 e. The Bertz CT molecular complexity index is 1560. The number of amides is 4. The van der Waals surface area contributed by atoms with Crippen molar-refractivity contribution >= 4 is 23.7 Å². The summed E-state index contributed by atoms with van der Waals surface area (Å²) in [5, 5.41) is 13.2. The third kappa shape index (κ3) is 8.37. The molecule has 0 radical (unpaired) electrons. The third-order valence-electron chi connectivity index (χ3n) is 10.7. The topological polar surface area (TPSA) is 106 Å². The van der Waals surface area contributed by atoms with E-state index in [1.807, 2.05) is 12.1 Å². The number of nitrogens with one attached hydrogen (secondary N) is 1. The molecule has 278 valence electrons. The van der Waals surface area contributed by atoms with Gasteiger partial charge in [0.2, 0.25) is 5.91 Å². The average Bonchev–Trinajstić information content (AvgIpc) is 3.27. The Morgan fingerprint density at radius 2 is 1.49 bits per heavy atom. The van der Waals surface area contributed by atoms with Gasteiger partial charge in [-0.1, -0.05) is 18.2 Å². The van der Waals surface area contributed by atoms with Crippen molar-refractivity contribution in [2.45, 2.75) is 69.0 Å². The first-order valence-electron chi connectivity index (χ1n) is 17.2. The molecule has 0 saturated carbocycles. The highest BCUT2D eigenvalue weighted by Crippen LogP contribution is 2.39. The molecule has 3 fully saturated rings. The zero-order chi connectivity index (χ0) is 36.5. The van der Waals surface area contributed by atoms with E-state index < -0.39 is 65.9 Å². The van der Waals surface area contributed by atoms with Gasteiger partial charge in [-0.2, -0.15) is 26.3 Å². The summed E-state index contributed by atoms with van der Waals surface area (Å²) in [7, 11) is 0. The standard InChI is InChI=1S/C35H41F6N5O5/c36-34(37,38)24-17-22(18-25(20-24)35(39,40)41)19-28(31(47)44-9-6-26(7-10-44)43-13-15-51-16-14-43)30-21-27(8-12-46(30)33(49)50)45-11-5-23-3-1-2-4-29(23)42-32(45)48/h1-4,17-18,20,26-28,30H,5-16,19,21H2,(H,42,48)(H,49,50)/t27?,28?,30-/m1/s1. The van der Waals surface area contributed by atoms with Gasteiger partial charge in [0.1, 0.15) is 0 Å². The zero-order valence-corrected chi connectivity index (χ0v) is 27.9. The molecule has 3 saturated heterocycles. The molecule has 16 heteroatoms. The van der Waals surface area contributed by atoms with Crippen LogP contribution in [0.1, 0.15) is 47.9 Å². The number of fused-ring (bicyclic) bond motifs is 1. The number of para-hydroxylation sites is 1. The smallest absolute Gasteiger partial charge is 0.416 e. The van der Waals surface area contributed by atoms with E-state index in [1.165, 1.54) is 0 Å². The molecular weight excluding hydrogens is 684 g/mol. The van der Waals surface area contributed by atoms with Crippen molar-refractivity contribution in [1.29, 1.82) is 0 Å². The van der Waals surface area contributed by atoms with Crippen LogP contribution in [0.4, 0.5) is 41.6 Å². The lowest BCUT2D eigenvalue weighted by Gasteiger charge is -2.46. The van der Waals surface area contributed by atoms with Crippen molar-refractivity contribution in [1.82, 2.24) is 19.6 Å². The number of carbonyl (C=O) groups is 3. The molecule has 2 unspecified atom stereocenters. The van der Waals surface area contributed by atoms with Gasteiger partial charge < -0.3 is 29.9 Å². The van der Waals surface area contributed by atoms with Crippen LogP contribution in [0.15, 0.2) is 42.5 Å². The van der Waals surface area contributed by atoms with E-state index in [4.69, 9.17) is 4.74 Å². The maximum absolute atomic E-state index is 14.5. The van der Waals surface area contributed by atoms with Crippen LogP contribution in [0.25, 0.3) is 0 Å². The summed E-state index contributed by atoms with van der Waals surface area (Å²) in [5.41, 5.74) is -1.85. The Balaban J connectivity index is 1.32. The van der Waals surface area contributed by atoms with E-state index >= 15 is 0 Å². The molecule has 6 rings (SSSR count). The van der Waals surface area contributed by atoms with Crippen LogP contribution in [0.3, 0.4) is 0 Å². The number of halogens is 6. The lowest BCUT2D eigenvalue weighted by Crippen LogP contribution is -2.59. The highest BCUT2D eigenvalue weighted by molar-refractivity contribution is 5.91. The number of ether oxygens (including phenoxy) is 1. The van der Waals surface area contributed by atoms with Gasteiger partial charge in [-0.25, -0.2) is 9.59 Å². The number of alkyl halides is 6. The van der Waals surface area contributed by atoms with E-state index in [1.54, 1.807) is 21.9 Å². The van der Waals surface area contributed by atoms with E-state index in [2.05, 4.69) is 10.2 Å². The first kappa shape index (κ1) is 36.7. The number of likely N-dealkylation sites (tertiary alicyclic amines) is 2. The highest BCUT2D eigenvalue weighted by atomic mass is 19.4. The maximum atomic E-state index is 14.5. The van der Waals surface area contributed by atoms with Crippen molar-refractivity contribution in [3.8, 4) is 0 Å². The van der Waals surface area contributed by atoms with Gasteiger partial charge in [-0.3, -0.25) is 9.69 Å². The summed E-state index contributed by atoms with van der Waals surface area (Å²) in [6.45, 7) is 3.47. The molecule has 0 aliphatic carbocycles. The third-order valence-corrected chi connectivity index (χ3v) is 10.7. The minimum atomic E-state index is -5.10. The fourth-order valence-electron chi connectivity index (χ4n) is 8.03. The fourth-order valence-corrected chi connectivity index (χ4v) is 8.03. The van der Waals surface area contributed by atoms with Gasteiger partial charge in [0.25, 0.3) is 0 Å². The Kier molecular flexibility index (Phi) is 10.7. The summed E-state index contributed by atoms with van der Waals surface area (Å²) < 4.78 is 88.7. The van der Waals surface area contributed by atoms with Crippen molar-refractivity contribution in [3.05, 3.63) is 64.7 Å². The van der Waals surface area contributed by atoms with Gasteiger partial charge in [0.15, 0.2) is 0 Å². The molecule has 4 heterocycles. The van der Waals surface area contributed by atoms with E-state index in [0.29, 0.717) is 69.9 Å². The van der Waals surface area contributed by atoms with Gasteiger partial charge in [-0.05, 0) is 73.9 Å². The number of urea groups is 1. The summed E-state index contributed by atoms with van der Waals surface area (Å²) in [5.74, 6) is -1.85. The van der Waals surface area contributed by atoms with Crippen LogP contribution in [0, 0.1) is 5.92 Å². The number of carboxylic acid groups (broad SMARTS) is 1. The second kappa shape index (κ2) is 14.9. The monoisotopic (exact) mass is 725 g/mol. The number of morpholine rings is 1. The predicted octanol–water partition coefficient (Wildman–Crippen LogP) is 5.81. The highest BCUT2D eigenvalue weighted by Gasteiger charge is 2.45. The number of benzene rings is 2. The van der Waals surface area contributed by atoms with Crippen molar-refractivity contribution in [3.63, 3.8) is 0 Å². The first-order valence-corrected chi connectivity index (χ1v) is 17.2. The molecule has 4 amide bonds. The van der Waals surface area contributed by atoms with Crippen LogP contribution in [-0.2, 0) is 34.7 Å². The maximum Gasteiger partial charge on any atom is 0.416 e. The fraction of sp³-hybridized carbons (Fsp3) is 0.571. The molecule has 0 bridgehead atoms. The molecule has 10 nitrogen and oxygen atoms in total.